The molecule has 2 aromatic carbocycles. The molecule has 1 aromatic heterocycles. The van der Waals surface area contributed by atoms with Gasteiger partial charge in [-0.1, -0.05) is 57.2 Å². The Balaban J connectivity index is 2.14. The summed E-state index contributed by atoms with van der Waals surface area (Å²) in [6.07, 6.45) is 0. The molecule has 33 heavy (non-hydrogen) atoms. The van der Waals surface area contributed by atoms with E-state index in [1.165, 1.54) is 10.7 Å². The number of aromatic hydroxyl groups is 2. The van der Waals surface area contributed by atoms with E-state index in [4.69, 9.17) is 0 Å². The summed E-state index contributed by atoms with van der Waals surface area (Å²) in [5, 5.41) is 32.0. The smallest absolute Gasteiger partial charge is 0.274 e. The zero-order chi connectivity index (χ0) is 24.1. The number of nitrogens with one attached hydrogen (secondary N) is 1. The molecule has 0 saturated heterocycles. The number of nitrogens with zero attached hydrogens (tertiary/aromatic N) is 4. The van der Waals surface area contributed by atoms with E-state index in [0.29, 0.717) is 23.5 Å². The third-order valence-electron chi connectivity index (χ3n) is 5.72. The van der Waals surface area contributed by atoms with Crippen LogP contribution in [0.15, 0.2) is 36.4 Å². The highest BCUT2D eigenvalue weighted by atomic mass is 16.3. The number of hydrogen-bond donors (Lipinski definition) is 3. The fraction of sp³-hybridized carbons (Fsp3) is 0.400. The van der Waals surface area contributed by atoms with Crippen LogP contribution >= 0.6 is 0 Å². The van der Waals surface area contributed by atoms with E-state index < -0.39 is 0 Å². The van der Waals surface area contributed by atoms with Crippen LogP contribution in [0.25, 0.3) is 16.9 Å². The monoisotopic (exact) mass is 451 g/mol. The van der Waals surface area contributed by atoms with Gasteiger partial charge in [-0.15, -0.1) is 5.10 Å². The molecule has 3 aromatic rings. The molecule has 3 N–H and O–H groups in total. The van der Waals surface area contributed by atoms with Crippen LogP contribution in [0.3, 0.4) is 0 Å². The number of benzene rings is 2. The van der Waals surface area contributed by atoms with Crippen LogP contribution in [-0.4, -0.2) is 55.6 Å². The second kappa shape index (κ2) is 10.5. The summed E-state index contributed by atoms with van der Waals surface area (Å²) in [5.41, 5.74) is 3.58. The minimum absolute atomic E-state index is 0.0117. The van der Waals surface area contributed by atoms with Crippen molar-refractivity contribution >= 4 is 5.91 Å². The van der Waals surface area contributed by atoms with Gasteiger partial charge in [-0.05, 0) is 43.1 Å². The summed E-state index contributed by atoms with van der Waals surface area (Å²) in [4.78, 5) is 15.1. The van der Waals surface area contributed by atoms with E-state index in [9.17, 15) is 15.0 Å². The van der Waals surface area contributed by atoms with Gasteiger partial charge in [0.25, 0.3) is 5.91 Å². The predicted octanol–water partition coefficient (Wildman–Crippen LogP) is 4.06. The minimum Gasteiger partial charge on any atom is -0.508 e. The van der Waals surface area contributed by atoms with Crippen molar-refractivity contribution in [1.82, 2.24) is 25.2 Å². The summed E-state index contributed by atoms with van der Waals surface area (Å²) in [7, 11) is 0. The quantitative estimate of drug-likeness (QED) is 0.453. The summed E-state index contributed by atoms with van der Waals surface area (Å²) in [5.74, 6) is -0.451. The lowest BCUT2D eigenvalue weighted by atomic mass is 10.0. The van der Waals surface area contributed by atoms with Crippen molar-refractivity contribution < 1.29 is 15.0 Å². The third kappa shape index (κ3) is 5.17. The van der Waals surface area contributed by atoms with Gasteiger partial charge in [0, 0.05) is 24.7 Å². The normalized spacial score (nSPS) is 11.4. The Morgan fingerprint density at radius 2 is 1.73 bits per heavy atom. The SMILES string of the molecule is CCNC(=O)c1nnn(-c2cc(C(C)C)c(O)cc2O)c1-c1ccc(CN(CC)CC)cc1. The van der Waals surface area contributed by atoms with E-state index >= 15 is 0 Å². The van der Waals surface area contributed by atoms with Crippen molar-refractivity contribution in [1.29, 1.82) is 0 Å². The molecule has 0 bridgehead atoms. The van der Waals surface area contributed by atoms with Gasteiger partial charge in [0.2, 0.25) is 0 Å². The molecule has 1 amide bonds. The average Bonchev–Trinajstić information content (AvgIpc) is 3.22. The Labute approximate surface area is 194 Å². The molecule has 0 saturated carbocycles. The van der Waals surface area contributed by atoms with Crippen molar-refractivity contribution in [3.05, 3.63) is 53.2 Å². The first-order chi connectivity index (χ1) is 15.8. The Bertz CT molecular complexity index is 1100. The fourth-order valence-corrected chi connectivity index (χ4v) is 3.79. The van der Waals surface area contributed by atoms with E-state index in [-0.39, 0.29) is 29.0 Å². The lowest BCUT2D eigenvalue weighted by Crippen LogP contribution is -2.24. The van der Waals surface area contributed by atoms with Gasteiger partial charge in [0.05, 0.1) is 0 Å². The summed E-state index contributed by atoms with van der Waals surface area (Å²) < 4.78 is 1.46. The lowest BCUT2D eigenvalue weighted by Gasteiger charge is -2.18. The number of carbonyl (C=O) groups excluding carboxylic acids is 1. The molecule has 0 fully saturated rings. The highest BCUT2D eigenvalue weighted by Crippen LogP contribution is 2.36. The number of rotatable bonds is 9. The minimum atomic E-state index is -0.340. The molecular weight excluding hydrogens is 418 g/mol. The highest BCUT2D eigenvalue weighted by Gasteiger charge is 2.24. The zero-order valence-electron chi connectivity index (χ0n) is 20.0. The second-order valence-electron chi connectivity index (χ2n) is 8.27. The maximum Gasteiger partial charge on any atom is 0.274 e. The number of aromatic nitrogens is 3. The van der Waals surface area contributed by atoms with Crippen LogP contribution in [0, 0.1) is 0 Å². The van der Waals surface area contributed by atoms with Crippen molar-refractivity contribution in [3.8, 4) is 28.4 Å². The van der Waals surface area contributed by atoms with E-state index in [2.05, 4.69) is 34.4 Å². The van der Waals surface area contributed by atoms with E-state index in [1.54, 1.807) is 6.07 Å². The number of phenols is 2. The van der Waals surface area contributed by atoms with E-state index in [0.717, 1.165) is 30.8 Å². The molecule has 8 nitrogen and oxygen atoms in total. The predicted molar refractivity (Wildman–Crippen MR) is 129 cm³/mol. The first-order valence-corrected chi connectivity index (χ1v) is 11.4. The molecule has 0 atom stereocenters. The molecule has 0 aliphatic rings. The van der Waals surface area contributed by atoms with Crippen molar-refractivity contribution in [3.63, 3.8) is 0 Å². The lowest BCUT2D eigenvalue weighted by molar-refractivity contribution is 0.0951. The number of amides is 1. The van der Waals surface area contributed by atoms with Crippen LogP contribution in [0.4, 0.5) is 0 Å². The van der Waals surface area contributed by atoms with Crippen molar-refractivity contribution in [2.45, 2.75) is 47.1 Å². The molecule has 0 aliphatic carbocycles. The topological polar surface area (TPSA) is 104 Å². The standard InChI is InChI=1S/C25H33N5O3/c1-6-26-25(33)23-24(18-11-9-17(10-12-18)15-29(7-2)8-3)30(28-27-23)20-13-19(16(4)5)21(31)14-22(20)32/h9-14,16,31-32H,6-8,15H2,1-5H3,(H,26,33). The molecule has 8 heteroatoms. The molecule has 0 unspecified atom stereocenters. The Kier molecular flexibility index (Phi) is 7.71. The Morgan fingerprint density at radius 1 is 1.06 bits per heavy atom. The van der Waals surface area contributed by atoms with Crippen molar-refractivity contribution in [2.75, 3.05) is 19.6 Å². The zero-order valence-corrected chi connectivity index (χ0v) is 20.0. The largest absolute Gasteiger partial charge is 0.508 e. The van der Waals surface area contributed by atoms with Gasteiger partial charge < -0.3 is 15.5 Å². The average molecular weight is 452 g/mol. The molecule has 176 valence electrons. The Hall–Kier alpha value is -3.39. The molecule has 0 spiro atoms. The van der Waals surface area contributed by atoms with Gasteiger partial charge in [-0.2, -0.15) is 0 Å². The fourth-order valence-electron chi connectivity index (χ4n) is 3.79. The summed E-state index contributed by atoms with van der Waals surface area (Å²) >= 11 is 0. The number of phenolic OH excluding ortho intramolecular Hbond substituents is 2. The second-order valence-corrected chi connectivity index (χ2v) is 8.27. The molecular formula is C25H33N5O3. The Morgan fingerprint density at radius 3 is 2.30 bits per heavy atom. The summed E-state index contributed by atoms with van der Waals surface area (Å²) in [6, 6.07) is 10.9. The van der Waals surface area contributed by atoms with Crippen LogP contribution < -0.4 is 5.32 Å². The third-order valence-corrected chi connectivity index (χ3v) is 5.72. The van der Waals surface area contributed by atoms with Crippen LogP contribution in [0.1, 0.15) is 62.2 Å². The molecule has 0 aliphatic heterocycles. The van der Waals surface area contributed by atoms with Crippen LogP contribution in [0.5, 0.6) is 11.5 Å². The number of carbonyl (C=O) groups is 1. The first-order valence-electron chi connectivity index (χ1n) is 11.4. The molecule has 0 radical (unpaired) electrons. The van der Waals surface area contributed by atoms with Gasteiger partial charge in [0.15, 0.2) is 5.69 Å². The highest BCUT2D eigenvalue weighted by molar-refractivity contribution is 5.98. The maximum atomic E-state index is 12.8. The number of hydrogen-bond acceptors (Lipinski definition) is 6. The summed E-state index contributed by atoms with van der Waals surface area (Å²) in [6.45, 7) is 13.2. The van der Waals surface area contributed by atoms with Gasteiger partial charge >= 0.3 is 0 Å². The van der Waals surface area contributed by atoms with Crippen molar-refractivity contribution in [2.24, 2.45) is 0 Å². The molecule has 3 rings (SSSR count). The van der Waals surface area contributed by atoms with Crippen LogP contribution in [0.2, 0.25) is 0 Å². The van der Waals surface area contributed by atoms with Crippen LogP contribution in [-0.2, 0) is 6.54 Å². The van der Waals surface area contributed by atoms with Gasteiger partial charge in [-0.3, -0.25) is 9.69 Å². The molecule has 1 heterocycles. The van der Waals surface area contributed by atoms with E-state index in [1.807, 2.05) is 45.0 Å². The first kappa shape index (κ1) is 24.3. The van der Waals surface area contributed by atoms with Gasteiger partial charge in [-0.25, -0.2) is 4.68 Å². The maximum absolute atomic E-state index is 12.8. The van der Waals surface area contributed by atoms with Gasteiger partial charge in [0.1, 0.15) is 22.9 Å².